The van der Waals surface area contributed by atoms with E-state index in [0.29, 0.717) is 51.4 Å². The fourth-order valence-corrected chi connectivity index (χ4v) is 17.7. The molecule has 4 aromatic rings. The van der Waals surface area contributed by atoms with Crippen molar-refractivity contribution in [2.45, 2.75) is 378 Å². The van der Waals surface area contributed by atoms with Crippen molar-refractivity contribution in [3.63, 3.8) is 0 Å². The number of hydrogen-bond donors (Lipinski definition) is 14. The number of ketones is 6. The topological polar surface area (TPSA) is 603 Å². The van der Waals surface area contributed by atoms with Gasteiger partial charge in [0.15, 0.2) is 47.3 Å². The van der Waals surface area contributed by atoms with E-state index < -0.39 is 246 Å². The zero-order valence-electron chi connectivity index (χ0n) is 78.9. The van der Waals surface area contributed by atoms with Crippen LogP contribution < -0.4 is 11.1 Å². The molecule has 0 saturated carbocycles. The summed E-state index contributed by atoms with van der Waals surface area (Å²) in [4.78, 5) is 176. The standard InChI is InChI=1S/C54H73NO19.C27H29NO11.C18H32O5/c1-5-53(4,6-2)74-41(62)25-18-14-10-9-12-16-23-39(60)72-38(59)22-15-11-7-8-13-17-24-40(61)73-52(68)55-35-26-42(70-31(3)47(35)63)71-36-28-54(69,37(58)30-57)27-34-44(36)51(67)46-45(49(34)65)48(64)33-21-19-20-32(29-56)43(33)50(46)66;1-10-22(32)14(28)5-17(38-10)39-15-7-27(37,16(31)9-30)6-13-19(15)26(36)21-20(24(13)34)23(33)12-4-2-3-11(8-29)18(12)25(21)35;1-5-18(4,6-2)23-17(21)14-12-10-8-7-9-11-13-16(20)22-15(3)19/h19-21,31,35-36,42,47,56-57,63,65,67,69H,5-18,22-30H2,1-4H3,(H,55,68);2-4,10,14-15,17,22,29-30,32,34,36-37H,5-9,28H2,1H3;5-14H2,1-4H3/t31?,35?,36-,42-,47?,54+;10?,14?,15-,17-,22?,27+;/m00./s1. The predicted octanol–water partition coefficient (Wildman–Crippen LogP) is 10.0. The molecule has 0 bridgehead atoms. The van der Waals surface area contributed by atoms with Gasteiger partial charge in [-0.1, -0.05) is 141 Å². The number of phenols is 4. The Kier molecular flexibility index (Phi) is 41.5. The van der Waals surface area contributed by atoms with Crippen LogP contribution in [0.2, 0.25) is 0 Å². The second-order valence-corrected chi connectivity index (χ2v) is 36.3. The quantitative estimate of drug-likeness (QED) is 0.00556. The molecule has 0 radical (unpaired) electrons. The third-order valence-electron chi connectivity index (χ3n) is 26.5. The Bertz CT molecular complexity index is 4960. The first-order chi connectivity index (χ1) is 64.5. The van der Waals surface area contributed by atoms with E-state index in [1.165, 1.54) is 50.2 Å². The number of aliphatic hydroxyl groups is 8. The normalized spacial score (nSPS) is 22.0. The summed E-state index contributed by atoms with van der Waals surface area (Å²) in [7, 11) is 0. The van der Waals surface area contributed by atoms with E-state index in [9.17, 15) is 128 Å². The highest BCUT2D eigenvalue weighted by Crippen LogP contribution is 2.55. The number of Topliss-reactive ketones (excluding diaryl/α,β-unsaturated/α-hetero) is 2. The molecule has 0 aromatic heterocycles. The van der Waals surface area contributed by atoms with Gasteiger partial charge >= 0.3 is 47.9 Å². The van der Waals surface area contributed by atoms with Crippen molar-refractivity contribution in [2.24, 2.45) is 5.73 Å². The van der Waals surface area contributed by atoms with Gasteiger partial charge in [-0.05, 0) is 103 Å². The van der Waals surface area contributed by atoms with Crippen molar-refractivity contribution >= 4 is 82.6 Å². The van der Waals surface area contributed by atoms with Crippen LogP contribution in [0.5, 0.6) is 23.0 Å². The number of hydrogen-bond acceptors (Lipinski definition) is 36. The van der Waals surface area contributed by atoms with Gasteiger partial charge in [0.1, 0.15) is 64.7 Å². The highest BCUT2D eigenvalue weighted by atomic mass is 16.7. The van der Waals surface area contributed by atoms with Crippen LogP contribution in [0.4, 0.5) is 4.79 Å². The number of alkyl carbamates (subject to hydrolysis) is 1. The number of unbranched alkanes of at least 4 members (excludes halogenated alkanes) is 15. The minimum atomic E-state index is -2.41. The van der Waals surface area contributed by atoms with E-state index in [-0.39, 0.29) is 105 Å². The fraction of sp³-hybridized carbons (Fsp3) is 0.616. The first-order valence-electron chi connectivity index (χ1n) is 47.2. The monoisotopic (exact) mass is 1910 g/mol. The van der Waals surface area contributed by atoms with Crippen LogP contribution in [-0.2, 0) is 112 Å². The largest absolute Gasteiger partial charge is 0.507 e. The van der Waals surface area contributed by atoms with Gasteiger partial charge in [0.05, 0.1) is 72.0 Å². The lowest BCUT2D eigenvalue weighted by atomic mass is 9.71. The van der Waals surface area contributed by atoms with Gasteiger partial charge in [0, 0.05) is 135 Å². The van der Waals surface area contributed by atoms with Crippen molar-refractivity contribution < 1.29 is 171 Å². The number of aliphatic hydroxyl groups excluding tert-OH is 6. The van der Waals surface area contributed by atoms with E-state index in [4.69, 9.17) is 43.6 Å². The second-order valence-electron chi connectivity index (χ2n) is 36.3. The van der Waals surface area contributed by atoms with Crippen molar-refractivity contribution in [3.05, 3.63) is 114 Å². The molecule has 750 valence electrons. The molecule has 2 heterocycles. The van der Waals surface area contributed by atoms with Crippen molar-refractivity contribution in [2.75, 3.05) is 13.2 Å². The Hall–Kier alpha value is -10.3. The number of ether oxygens (including phenoxy) is 9. The molecule has 4 aromatic carbocycles. The van der Waals surface area contributed by atoms with Crippen LogP contribution in [0.25, 0.3) is 0 Å². The molecule has 0 spiro atoms. The first-order valence-corrected chi connectivity index (χ1v) is 47.2. The zero-order chi connectivity index (χ0) is 100. The van der Waals surface area contributed by atoms with Gasteiger partial charge in [-0.3, -0.25) is 62.3 Å². The van der Waals surface area contributed by atoms with Crippen LogP contribution in [0, 0.1) is 0 Å². The van der Waals surface area contributed by atoms with E-state index >= 15 is 0 Å². The molecule has 10 rings (SSSR count). The molecule has 2 aliphatic heterocycles. The van der Waals surface area contributed by atoms with Gasteiger partial charge < -0.3 is 115 Å². The maximum atomic E-state index is 14.0. The molecule has 37 heteroatoms. The molecule has 37 nitrogen and oxygen atoms in total. The van der Waals surface area contributed by atoms with Crippen LogP contribution in [-0.4, -0.2) is 229 Å². The lowest BCUT2D eigenvalue weighted by Crippen LogP contribution is -2.56. The van der Waals surface area contributed by atoms with Crippen LogP contribution >= 0.6 is 0 Å². The zero-order valence-corrected chi connectivity index (χ0v) is 78.9. The Balaban J connectivity index is 0.000000301. The molecule has 4 aliphatic carbocycles. The van der Waals surface area contributed by atoms with E-state index in [1.54, 1.807) is 6.92 Å². The SMILES string of the molecule is CC1O[C@@H](O[C@H]2C[C@@](O)(C(=O)CO)Cc3c(O)c4c(c(O)c32)C(=O)c2c(CO)cccc2C4=O)CC(N)C1O.CCC(C)(CC)OC(=O)CCCCCCCCC(=O)OC(=O)CCCCCCCCC(=O)OC(=O)NC1C[C@H](O[C@H]2C[C@@](O)(C(=O)CO)Cc3c(O)c4c(c(O)c32)C(=O)c2c(CO)cccc2C4=O)OC(C)C1O.CCC(C)(CC)OC(=O)CCCCCCCCC(=O)OC(C)=O. The summed E-state index contributed by atoms with van der Waals surface area (Å²) in [5, 5.41) is 131. The minimum absolute atomic E-state index is 0.00600. The average molecular weight is 1910 g/mol. The summed E-state index contributed by atoms with van der Waals surface area (Å²) >= 11 is 0. The highest BCUT2D eigenvalue weighted by Gasteiger charge is 2.53. The number of amides is 1. The molecule has 2 saturated heterocycles. The molecular formula is C99H134N2O35. The predicted molar refractivity (Wildman–Crippen MR) is 482 cm³/mol. The number of nitrogens with one attached hydrogen (secondary N) is 1. The summed E-state index contributed by atoms with van der Waals surface area (Å²) in [5.74, 6) is -11.7. The summed E-state index contributed by atoms with van der Waals surface area (Å²) in [6.45, 7) is 12.9. The van der Waals surface area contributed by atoms with Crippen LogP contribution in [0.3, 0.4) is 0 Å². The number of benzene rings is 4. The number of phenolic OH excluding ortho intramolecular Hbond substituents is 4. The van der Waals surface area contributed by atoms with Crippen LogP contribution in [0.1, 0.15) is 377 Å². The van der Waals surface area contributed by atoms with Gasteiger partial charge in [-0.25, -0.2) is 4.79 Å². The summed E-state index contributed by atoms with van der Waals surface area (Å²) < 4.78 is 49.2. The molecule has 12 atom stereocenters. The number of carbonyl (C=O) groups excluding carboxylic acids is 14. The van der Waals surface area contributed by atoms with Gasteiger partial charge in [-0.2, -0.15) is 0 Å². The second kappa shape index (κ2) is 50.9. The smallest absolute Gasteiger partial charge is 0.415 e. The highest BCUT2D eigenvalue weighted by molar-refractivity contribution is 6.32. The first kappa shape index (κ1) is 111. The number of aromatic hydroxyl groups is 4. The van der Waals surface area contributed by atoms with Crippen molar-refractivity contribution in [3.8, 4) is 23.0 Å². The summed E-state index contributed by atoms with van der Waals surface area (Å²) in [6.07, 6.45) is 5.40. The van der Waals surface area contributed by atoms with Gasteiger partial charge in [0.25, 0.3) is 0 Å². The molecule has 1 amide bonds. The van der Waals surface area contributed by atoms with Crippen molar-refractivity contribution in [1.29, 1.82) is 0 Å². The van der Waals surface area contributed by atoms with Crippen LogP contribution in [0.15, 0.2) is 36.4 Å². The molecule has 136 heavy (non-hydrogen) atoms. The molecule has 6 unspecified atom stereocenters. The van der Waals surface area contributed by atoms with E-state index in [2.05, 4.69) is 10.1 Å². The van der Waals surface area contributed by atoms with Gasteiger partial charge in [-0.15, -0.1) is 0 Å². The lowest BCUT2D eigenvalue weighted by Gasteiger charge is -2.42. The average Bonchev–Trinajstić information content (AvgIpc) is 0.713. The third kappa shape index (κ3) is 28.3. The number of esters is 7. The number of fused-ring (bicyclic) bond motifs is 6. The minimum Gasteiger partial charge on any atom is -0.507 e. The summed E-state index contributed by atoms with van der Waals surface area (Å²) in [6, 6.07) is 6.54. The number of carbonyl (C=O) groups is 14. The molecular weight excluding hydrogens is 1780 g/mol. The van der Waals surface area contributed by atoms with Crippen molar-refractivity contribution in [1.82, 2.24) is 5.32 Å². The third-order valence-corrected chi connectivity index (χ3v) is 26.5. The molecule has 2 fully saturated rings. The maximum Gasteiger partial charge on any atom is 0.415 e. The Labute approximate surface area is 789 Å². The Morgan fingerprint density at radius 1 is 0.441 bits per heavy atom. The van der Waals surface area contributed by atoms with Gasteiger partial charge in [0.2, 0.25) is 0 Å². The Morgan fingerprint density at radius 3 is 1.10 bits per heavy atom. The maximum absolute atomic E-state index is 14.0. The molecule has 6 aliphatic rings. The summed E-state index contributed by atoms with van der Waals surface area (Å²) in [5.41, 5.74) is -2.82. The Morgan fingerprint density at radius 2 is 0.765 bits per heavy atom. The van der Waals surface area contributed by atoms with E-state index in [0.717, 1.165) is 109 Å². The molecule has 15 N–H and O–H groups in total. The number of nitrogens with two attached hydrogens (primary N) is 1. The van der Waals surface area contributed by atoms with E-state index in [1.807, 2.05) is 41.5 Å². The fourth-order valence-electron chi connectivity index (χ4n) is 17.7. The number of rotatable bonds is 44. The lowest BCUT2D eigenvalue weighted by molar-refractivity contribution is -0.249.